The molecule has 0 radical (unpaired) electrons. The summed E-state index contributed by atoms with van der Waals surface area (Å²) in [5, 5.41) is 2.64. The molecule has 1 aromatic heterocycles. The van der Waals surface area contributed by atoms with Crippen molar-refractivity contribution < 1.29 is 14.3 Å². The Balaban J connectivity index is 1.87. The van der Waals surface area contributed by atoms with E-state index in [4.69, 9.17) is 4.74 Å². The normalized spacial score (nSPS) is 10.0. The minimum Gasteiger partial charge on any atom is -0.451 e. The number of aryl methyl sites for hydroxylation is 1. The lowest BCUT2D eigenvalue weighted by molar-refractivity contribution is -0.119. The van der Waals surface area contributed by atoms with Gasteiger partial charge in [0.2, 0.25) is 0 Å². The number of nitrogens with one attached hydrogen (secondary N) is 1. The number of carbonyl (C=O) groups excluding carboxylic acids is 2. The molecule has 21 heavy (non-hydrogen) atoms. The molecule has 7 heteroatoms. The third-order valence-corrected chi connectivity index (χ3v) is 3.44. The number of esters is 1. The Labute approximate surface area is 129 Å². The molecule has 2 rings (SSSR count). The number of carbonyl (C=O) groups is 2. The first-order valence-corrected chi connectivity index (χ1v) is 6.84. The molecule has 2 aromatic rings. The Morgan fingerprint density at radius 3 is 2.81 bits per heavy atom. The molecule has 0 atom stereocenters. The van der Waals surface area contributed by atoms with Crippen LogP contribution in [0.3, 0.4) is 0 Å². The first kappa shape index (κ1) is 15.1. The Morgan fingerprint density at radius 2 is 2.14 bits per heavy atom. The fraction of sp³-hybridized carbons (Fsp3) is 0.143. The van der Waals surface area contributed by atoms with Crippen LogP contribution in [0.15, 0.2) is 41.3 Å². The summed E-state index contributed by atoms with van der Waals surface area (Å²) in [5.74, 6) is -1.11. The number of nitrogens with zero attached hydrogens (tertiary/aromatic N) is 2. The Hall–Kier alpha value is -2.28. The number of ether oxygens (including phenoxy) is 1. The third kappa shape index (κ3) is 4.35. The molecule has 0 saturated carbocycles. The SMILES string of the molecule is Cc1cc(NC(=O)COC(=O)c2cnccn2)ccc1Br. The Bertz CT molecular complexity index is 662. The van der Waals surface area contributed by atoms with Gasteiger partial charge < -0.3 is 10.1 Å². The number of rotatable bonds is 4. The molecule has 0 bridgehead atoms. The van der Waals surface area contributed by atoms with Crippen LogP contribution in [0.25, 0.3) is 0 Å². The Morgan fingerprint density at radius 1 is 1.33 bits per heavy atom. The van der Waals surface area contributed by atoms with Crippen LogP contribution in [0, 0.1) is 6.92 Å². The van der Waals surface area contributed by atoms with Gasteiger partial charge in [-0.1, -0.05) is 15.9 Å². The molecule has 108 valence electrons. The summed E-state index contributed by atoms with van der Waals surface area (Å²) >= 11 is 3.38. The first-order chi connectivity index (χ1) is 10.1. The summed E-state index contributed by atoms with van der Waals surface area (Å²) in [6.07, 6.45) is 4.10. The van der Waals surface area contributed by atoms with E-state index >= 15 is 0 Å². The van der Waals surface area contributed by atoms with Gasteiger partial charge in [-0.2, -0.15) is 0 Å². The standard InChI is InChI=1S/C14H12BrN3O3/c1-9-6-10(2-3-11(9)15)18-13(19)8-21-14(20)12-7-16-4-5-17-12/h2-7H,8H2,1H3,(H,18,19). The second-order valence-electron chi connectivity index (χ2n) is 4.18. The average molecular weight is 350 g/mol. The Kier molecular flexibility index (Phi) is 4.99. The lowest BCUT2D eigenvalue weighted by Gasteiger charge is -2.07. The molecule has 0 spiro atoms. The molecular formula is C14H12BrN3O3. The van der Waals surface area contributed by atoms with Crippen LogP contribution < -0.4 is 5.32 Å². The zero-order valence-electron chi connectivity index (χ0n) is 11.2. The van der Waals surface area contributed by atoms with Crippen LogP contribution in [-0.2, 0) is 9.53 Å². The molecule has 0 aliphatic heterocycles. The number of anilines is 1. The molecule has 1 heterocycles. The van der Waals surface area contributed by atoms with Crippen molar-refractivity contribution in [1.82, 2.24) is 9.97 Å². The largest absolute Gasteiger partial charge is 0.451 e. The molecule has 0 unspecified atom stereocenters. The van der Waals surface area contributed by atoms with E-state index in [0.29, 0.717) is 5.69 Å². The van der Waals surface area contributed by atoms with Crippen molar-refractivity contribution >= 4 is 33.5 Å². The van der Waals surface area contributed by atoms with Crippen LogP contribution in [0.1, 0.15) is 16.1 Å². The molecule has 0 aliphatic rings. The van der Waals surface area contributed by atoms with Crippen LogP contribution in [0.5, 0.6) is 0 Å². The minimum atomic E-state index is -0.690. The van der Waals surface area contributed by atoms with Gasteiger partial charge in [-0.15, -0.1) is 0 Å². The number of amides is 1. The number of halogens is 1. The van der Waals surface area contributed by atoms with E-state index in [-0.39, 0.29) is 12.3 Å². The molecular weight excluding hydrogens is 338 g/mol. The van der Waals surface area contributed by atoms with Crippen LogP contribution in [0.2, 0.25) is 0 Å². The zero-order chi connectivity index (χ0) is 15.2. The van der Waals surface area contributed by atoms with Gasteiger partial charge in [0.05, 0.1) is 6.20 Å². The summed E-state index contributed by atoms with van der Waals surface area (Å²) in [5.41, 5.74) is 1.69. The molecule has 0 fully saturated rings. The highest BCUT2D eigenvalue weighted by Gasteiger charge is 2.11. The van der Waals surface area contributed by atoms with Gasteiger partial charge in [0.1, 0.15) is 0 Å². The van der Waals surface area contributed by atoms with Crippen molar-refractivity contribution in [3.63, 3.8) is 0 Å². The van der Waals surface area contributed by atoms with E-state index in [2.05, 4.69) is 31.2 Å². The highest BCUT2D eigenvalue weighted by molar-refractivity contribution is 9.10. The van der Waals surface area contributed by atoms with E-state index in [1.54, 1.807) is 6.07 Å². The van der Waals surface area contributed by atoms with Gasteiger partial charge in [-0.05, 0) is 30.7 Å². The maximum atomic E-state index is 11.7. The number of aromatic nitrogens is 2. The lowest BCUT2D eigenvalue weighted by atomic mass is 10.2. The monoisotopic (exact) mass is 349 g/mol. The molecule has 6 nitrogen and oxygen atoms in total. The van der Waals surface area contributed by atoms with Crippen LogP contribution in [0.4, 0.5) is 5.69 Å². The van der Waals surface area contributed by atoms with E-state index in [1.807, 2.05) is 19.1 Å². The van der Waals surface area contributed by atoms with Gasteiger partial charge in [0.15, 0.2) is 12.3 Å². The van der Waals surface area contributed by atoms with E-state index in [1.165, 1.54) is 18.6 Å². The molecule has 0 aliphatic carbocycles. The predicted molar refractivity (Wildman–Crippen MR) is 79.8 cm³/mol. The van der Waals surface area contributed by atoms with E-state index in [9.17, 15) is 9.59 Å². The topological polar surface area (TPSA) is 81.2 Å². The van der Waals surface area contributed by atoms with Gasteiger partial charge in [0.25, 0.3) is 5.91 Å². The van der Waals surface area contributed by atoms with Crippen molar-refractivity contribution in [2.45, 2.75) is 6.92 Å². The van der Waals surface area contributed by atoms with Crippen LogP contribution >= 0.6 is 15.9 Å². The molecule has 1 N–H and O–H groups in total. The van der Waals surface area contributed by atoms with Gasteiger partial charge >= 0.3 is 5.97 Å². The summed E-state index contributed by atoms with van der Waals surface area (Å²) in [4.78, 5) is 30.8. The molecule has 1 amide bonds. The first-order valence-electron chi connectivity index (χ1n) is 6.05. The van der Waals surface area contributed by atoms with E-state index < -0.39 is 11.9 Å². The van der Waals surface area contributed by atoms with Crippen molar-refractivity contribution in [2.75, 3.05) is 11.9 Å². The minimum absolute atomic E-state index is 0.0600. The smallest absolute Gasteiger partial charge is 0.359 e. The van der Waals surface area contributed by atoms with Gasteiger partial charge in [0, 0.05) is 22.6 Å². The number of benzene rings is 1. The maximum absolute atomic E-state index is 11.7. The maximum Gasteiger partial charge on any atom is 0.359 e. The predicted octanol–water partition coefficient (Wildman–Crippen LogP) is 2.34. The summed E-state index contributed by atoms with van der Waals surface area (Å²) in [6.45, 7) is 1.53. The molecule has 0 saturated heterocycles. The average Bonchev–Trinajstić information content (AvgIpc) is 2.49. The highest BCUT2D eigenvalue weighted by Crippen LogP contribution is 2.19. The zero-order valence-corrected chi connectivity index (χ0v) is 12.8. The number of hydrogen-bond donors (Lipinski definition) is 1. The third-order valence-electron chi connectivity index (χ3n) is 2.55. The van der Waals surface area contributed by atoms with Crippen molar-refractivity contribution in [1.29, 1.82) is 0 Å². The second kappa shape index (κ2) is 6.94. The number of hydrogen-bond acceptors (Lipinski definition) is 5. The summed E-state index contributed by atoms with van der Waals surface area (Å²) in [7, 11) is 0. The van der Waals surface area contributed by atoms with Crippen molar-refractivity contribution in [2.24, 2.45) is 0 Å². The van der Waals surface area contributed by atoms with Gasteiger partial charge in [-0.25, -0.2) is 9.78 Å². The fourth-order valence-corrected chi connectivity index (χ4v) is 1.78. The molecule has 1 aromatic carbocycles. The fourth-order valence-electron chi connectivity index (χ4n) is 1.53. The van der Waals surface area contributed by atoms with Gasteiger partial charge in [-0.3, -0.25) is 9.78 Å². The van der Waals surface area contributed by atoms with Crippen molar-refractivity contribution in [3.8, 4) is 0 Å². The van der Waals surface area contributed by atoms with Crippen molar-refractivity contribution in [3.05, 3.63) is 52.5 Å². The van der Waals surface area contributed by atoms with E-state index in [0.717, 1.165) is 10.0 Å². The quantitative estimate of drug-likeness (QED) is 0.856. The lowest BCUT2D eigenvalue weighted by Crippen LogP contribution is -2.21. The second-order valence-corrected chi connectivity index (χ2v) is 5.03. The van der Waals surface area contributed by atoms with Crippen LogP contribution in [-0.4, -0.2) is 28.5 Å². The summed E-state index contributed by atoms with van der Waals surface area (Å²) in [6, 6.07) is 5.39. The highest BCUT2D eigenvalue weighted by atomic mass is 79.9. The summed E-state index contributed by atoms with van der Waals surface area (Å²) < 4.78 is 5.81.